The molecule has 0 aliphatic rings. The molecule has 16 heavy (non-hydrogen) atoms. The Labute approximate surface area is 92.5 Å². The molecule has 1 aromatic heterocycles. The average molecular weight is 216 g/mol. The molecule has 0 saturated carbocycles. The predicted octanol–water partition coefficient (Wildman–Crippen LogP) is 0.251. The molecule has 0 radical (unpaired) electrons. The number of rotatable bonds is 2. The Hall–Kier alpha value is -2.17. The van der Waals surface area contributed by atoms with Crippen LogP contribution < -0.4 is 11.4 Å². The summed E-state index contributed by atoms with van der Waals surface area (Å²) in [6.07, 6.45) is 0.449. The summed E-state index contributed by atoms with van der Waals surface area (Å²) in [5, 5.41) is 7.69. The first kappa shape index (κ1) is 10.4. The molecule has 0 bridgehead atoms. The zero-order chi connectivity index (χ0) is 11.5. The van der Waals surface area contributed by atoms with E-state index in [1.165, 1.54) is 0 Å². The molecule has 2 aromatic rings. The van der Waals surface area contributed by atoms with Gasteiger partial charge in [0.1, 0.15) is 5.69 Å². The lowest BCUT2D eigenvalue weighted by molar-refractivity contribution is 0.734. The third kappa shape index (κ3) is 1.93. The van der Waals surface area contributed by atoms with Crippen LogP contribution in [-0.2, 0) is 6.42 Å². The fraction of sp³-hybridized carbons (Fsp3) is 0.182. The average Bonchev–Trinajstić information content (AvgIpc) is 2.31. The molecule has 0 atom stereocenters. The van der Waals surface area contributed by atoms with Crippen molar-refractivity contribution >= 4 is 0 Å². The summed E-state index contributed by atoms with van der Waals surface area (Å²) in [6.45, 7) is 1.64. The van der Waals surface area contributed by atoms with Crippen molar-refractivity contribution in [3.8, 4) is 0 Å². The highest BCUT2D eigenvalue weighted by Gasteiger charge is 2.07. The van der Waals surface area contributed by atoms with Crippen LogP contribution >= 0.6 is 0 Å². The normalized spacial score (nSPS) is 10.3. The zero-order valence-electron chi connectivity index (χ0n) is 8.92. The van der Waals surface area contributed by atoms with Crippen LogP contribution in [0.2, 0.25) is 0 Å². The smallest absolute Gasteiger partial charge is 0.294 e. The lowest BCUT2D eigenvalue weighted by Gasteiger charge is -2.04. The monoisotopic (exact) mass is 216 g/mol. The molecule has 0 aliphatic carbocycles. The van der Waals surface area contributed by atoms with Crippen LogP contribution in [0.25, 0.3) is 0 Å². The highest BCUT2D eigenvalue weighted by molar-refractivity contribution is 5.20. The molecule has 2 N–H and O–H groups in total. The molecule has 1 heterocycles. The SMILES string of the molecule is Cc1nnc(Cc2ccccc2)c(=O)n1N. The number of hydrogen-bond donors (Lipinski definition) is 1. The van der Waals surface area contributed by atoms with Crippen molar-refractivity contribution in [3.05, 3.63) is 57.8 Å². The van der Waals surface area contributed by atoms with Gasteiger partial charge in [-0.15, -0.1) is 10.2 Å². The van der Waals surface area contributed by atoms with Crippen molar-refractivity contribution in [3.63, 3.8) is 0 Å². The summed E-state index contributed by atoms with van der Waals surface area (Å²) < 4.78 is 1.02. The van der Waals surface area contributed by atoms with Crippen LogP contribution in [-0.4, -0.2) is 14.9 Å². The molecular weight excluding hydrogens is 204 g/mol. The van der Waals surface area contributed by atoms with Gasteiger partial charge in [-0.05, 0) is 12.5 Å². The molecule has 5 nitrogen and oxygen atoms in total. The van der Waals surface area contributed by atoms with Crippen LogP contribution in [0.4, 0.5) is 0 Å². The number of aryl methyl sites for hydroxylation is 1. The quantitative estimate of drug-likeness (QED) is 0.730. The van der Waals surface area contributed by atoms with E-state index in [0.29, 0.717) is 17.9 Å². The van der Waals surface area contributed by atoms with E-state index in [4.69, 9.17) is 5.84 Å². The fourth-order valence-electron chi connectivity index (χ4n) is 1.41. The van der Waals surface area contributed by atoms with Crippen LogP contribution in [0.3, 0.4) is 0 Å². The molecule has 82 valence electrons. The summed E-state index contributed by atoms with van der Waals surface area (Å²) in [5.74, 6) is 5.94. The van der Waals surface area contributed by atoms with E-state index < -0.39 is 0 Å². The van der Waals surface area contributed by atoms with E-state index in [-0.39, 0.29) is 5.56 Å². The highest BCUT2D eigenvalue weighted by atomic mass is 16.1. The maximum atomic E-state index is 11.7. The first-order valence-electron chi connectivity index (χ1n) is 4.92. The molecule has 0 fully saturated rings. The summed E-state index contributed by atoms with van der Waals surface area (Å²) in [7, 11) is 0. The Morgan fingerprint density at radius 1 is 1.25 bits per heavy atom. The lowest BCUT2D eigenvalue weighted by atomic mass is 10.1. The second-order valence-electron chi connectivity index (χ2n) is 3.53. The highest BCUT2D eigenvalue weighted by Crippen LogP contribution is 2.02. The van der Waals surface area contributed by atoms with Gasteiger partial charge in [-0.2, -0.15) is 0 Å². The standard InChI is InChI=1S/C11H12N4O/c1-8-13-14-10(11(16)15(8)12)7-9-5-3-2-4-6-9/h2-6H,7,12H2,1H3. The number of nitrogens with zero attached hydrogens (tertiary/aromatic N) is 3. The number of nitrogen functional groups attached to an aromatic ring is 1. The summed E-state index contributed by atoms with van der Waals surface area (Å²) in [5.41, 5.74) is 1.08. The van der Waals surface area contributed by atoms with Gasteiger partial charge in [0.05, 0.1) is 0 Å². The first-order valence-corrected chi connectivity index (χ1v) is 4.92. The van der Waals surface area contributed by atoms with Gasteiger partial charge in [0, 0.05) is 6.42 Å². The third-order valence-corrected chi connectivity index (χ3v) is 2.34. The third-order valence-electron chi connectivity index (χ3n) is 2.34. The first-order chi connectivity index (χ1) is 7.68. The summed E-state index contributed by atoms with van der Waals surface area (Å²) in [6, 6.07) is 9.62. The molecule has 0 spiro atoms. The predicted molar refractivity (Wildman–Crippen MR) is 60.4 cm³/mol. The zero-order valence-corrected chi connectivity index (χ0v) is 8.92. The number of benzene rings is 1. The number of hydrogen-bond acceptors (Lipinski definition) is 4. The Bertz CT molecular complexity index is 548. The Morgan fingerprint density at radius 2 is 1.94 bits per heavy atom. The Balaban J connectivity index is 2.37. The molecule has 5 heteroatoms. The van der Waals surface area contributed by atoms with E-state index in [1.807, 2.05) is 30.3 Å². The molecule has 0 aliphatic heterocycles. The Morgan fingerprint density at radius 3 is 2.62 bits per heavy atom. The lowest BCUT2D eigenvalue weighted by Crippen LogP contribution is -2.34. The van der Waals surface area contributed by atoms with Crippen molar-refractivity contribution < 1.29 is 0 Å². The minimum atomic E-state index is -0.295. The largest absolute Gasteiger partial charge is 0.335 e. The molecule has 1 aromatic carbocycles. The van der Waals surface area contributed by atoms with E-state index in [1.54, 1.807) is 6.92 Å². The van der Waals surface area contributed by atoms with Gasteiger partial charge in [-0.25, -0.2) is 4.68 Å². The molecule has 0 saturated heterocycles. The van der Waals surface area contributed by atoms with Crippen molar-refractivity contribution in [2.45, 2.75) is 13.3 Å². The molecular formula is C11H12N4O. The molecule has 2 rings (SSSR count). The van der Waals surface area contributed by atoms with Gasteiger partial charge in [0.25, 0.3) is 5.56 Å². The maximum absolute atomic E-state index is 11.7. The van der Waals surface area contributed by atoms with E-state index in [0.717, 1.165) is 10.2 Å². The minimum Gasteiger partial charge on any atom is -0.335 e. The van der Waals surface area contributed by atoms with Crippen molar-refractivity contribution in [2.75, 3.05) is 5.84 Å². The van der Waals surface area contributed by atoms with Gasteiger partial charge in [-0.1, -0.05) is 30.3 Å². The van der Waals surface area contributed by atoms with Gasteiger partial charge in [0.2, 0.25) is 0 Å². The number of nitrogens with two attached hydrogens (primary N) is 1. The molecule has 0 amide bonds. The van der Waals surface area contributed by atoms with E-state index in [2.05, 4.69) is 10.2 Å². The van der Waals surface area contributed by atoms with Gasteiger partial charge >= 0.3 is 0 Å². The second kappa shape index (κ2) is 4.14. The van der Waals surface area contributed by atoms with Crippen LogP contribution in [0.15, 0.2) is 35.1 Å². The molecule has 0 unspecified atom stereocenters. The minimum absolute atomic E-state index is 0.295. The van der Waals surface area contributed by atoms with Crippen LogP contribution in [0.1, 0.15) is 17.1 Å². The summed E-state index contributed by atoms with van der Waals surface area (Å²) >= 11 is 0. The van der Waals surface area contributed by atoms with Crippen molar-refractivity contribution in [1.29, 1.82) is 0 Å². The second-order valence-corrected chi connectivity index (χ2v) is 3.53. The van der Waals surface area contributed by atoms with Crippen molar-refractivity contribution in [2.24, 2.45) is 0 Å². The van der Waals surface area contributed by atoms with Crippen LogP contribution in [0, 0.1) is 6.92 Å². The fourth-order valence-corrected chi connectivity index (χ4v) is 1.41. The van der Waals surface area contributed by atoms with E-state index >= 15 is 0 Å². The topological polar surface area (TPSA) is 73.8 Å². The van der Waals surface area contributed by atoms with Gasteiger partial charge < -0.3 is 5.84 Å². The van der Waals surface area contributed by atoms with E-state index in [9.17, 15) is 4.79 Å². The Kier molecular flexibility index (Phi) is 2.68. The van der Waals surface area contributed by atoms with Crippen LogP contribution in [0.5, 0.6) is 0 Å². The van der Waals surface area contributed by atoms with Gasteiger partial charge in [0.15, 0.2) is 5.82 Å². The summed E-state index contributed by atoms with van der Waals surface area (Å²) in [4.78, 5) is 11.7. The maximum Gasteiger partial charge on any atom is 0.294 e. The number of aromatic nitrogens is 3. The van der Waals surface area contributed by atoms with Gasteiger partial charge in [-0.3, -0.25) is 4.79 Å². The van der Waals surface area contributed by atoms with Crippen molar-refractivity contribution in [1.82, 2.24) is 14.9 Å².